The Bertz CT molecular complexity index is 709. The topological polar surface area (TPSA) is 37.4 Å². The Balaban J connectivity index is 1.64. The van der Waals surface area contributed by atoms with Crippen LogP contribution in [0.25, 0.3) is 6.08 Å². The summed E-state index contributed by atoms with van der Waals surface area (Å²) in [6.45, 7) is 9.10. The van der Waals surface area contributed by atoms with Crippen molar-refractivity contribution in [2.24, 2.45) is 11.3 Å². The molecule has 2 rings (SSSR count). The van der Waals surface area contributed by atoms with E-state index in [9.17, 15) is 9.59 Å². The molecule has 1 aromatic rings. The largest absolute Gasteiger partial charge is 0.303 e. The molecule has 1 aromatic carbocycles. The van der Waals surface area contributed by atoms with Crippen molar-refractivity contribution in [3.8, 4) is 0 Å². The van der Waals surface area contributed by atoms with Gasteiger partial charge >= 0.3 is 0 Å². The van der Waals surface area contributed by atoms with Gasteiger partial charge in [0.1, 0.15) is 5.78 Å². The second kappa shape index (κ2) is 11.3. The number of hydrogen-bond acceptors (Lipinski definition) is 3. The second-order valence-corrected chi connectivity index (χ2v) is 9.98. The highest BCUT2D eigenvalue weighted by Gasteiger charge is 2.22. The van der Waals surface area contributed by atoms with Gasteiger partial charge in [0.2, 0.25) is 0 Å². The van der Waals surface area contributed by atoms with Gasteiger partial charge in [0.25, 0.3) is 0 Å². The molecule has 1 aliphatic rings. The minimum absolute atomic E-state index is 0.143. The van der Waals surface area contributed by atoms with Crippen molar-refractivity contribution in [3.63, 3.8) is 0 Å². The van der Waals surface area contributed by atoms with Crippen molar-refractivity contribution in [3.05, 3.63) is 39.9 Å². The molecule has 0 radical (unpaired) electrons. The van der Waals surface area contributed by atoms with Gasteiger partial charge in [-0.1, -0.05) is 50.0 Å². The molecule has 160 valence electrons. The summed E-state index contributed by atoms with van der Waals surface area (Å²) in [4.78, 5) is 26.7. The lowest BCUT2D eigenvalue weighted by atomic mass is 9.88. The van der Waals surface area contributed by atoms with Gasteiger partial charge < -0.3 is 4.90 Å². The standard InChI is InChI=1S/C24H33Cl2NO2/c1-24(2,3)23(29)5-4-12-27-13-10-18(11-14-27)6-8-22(28)9-7-19-15-20(25)17-21(26)16-19/h7,9,15-18H,4-6,8,10-14H2,1-3H3/b9-7+. The Morgan fingerprint density at radius 2 is 1.69 bits per heavy atom. The minimum atomic E-state index is -0.229. The van der Waals surface area contributed by atoms with Crippen molar-refractivity contribution < 1.29 is 9.59 Å². The molecule has 0 saturated carbocycles. The fraction of sp³-hybridized carbons (Fsp3) is 0.583. The first-order valence-electron chi connectivity index (χ1n) is 10.6. The molecule has 1 heterocycles. The fourth-order valence-electron chi connectivity index (χ4n) is 3.63. The maximum atomic E-state index is 12.2. The highest BCUT2D eigenvalue weighted by molar-refractivity contribution is 6.34. The number of ketones is 2. The minimum Gasteiger partial charge on any atom is -0.303 e. The van der Waals surface area contributed by atoms with Crippen LogP contribution in [-0.2, 0) is 9.59 Å². The van der Waals surface area contributed by atoms with E-state index in [-0.39, 0.29) is 11.2 Å². The average Bonchev–Trinajstić information content (AvgIpc) is 2.64. The fourth-order valence-corrected chi connectivity index (χ4v) is 4.17. The summed E-state index contributed by atoms with van der Waals surface area (Å²) in [5, 5.41) is 1.14. The van der Waals surface area contributed by atoms with Gasteiger partial charge in [-0.3, -0.25) is 9.59 Å². The maximum Gasteiger partial charge on any atom is 0.155 e. The van der Waals surface area contributed by atoms with Crippen LogP contribution in [0, 0.1) is 11.3 Å². The monoisotopic (exact) mass is 437 g/mol. The molecule has 5 heteroatoms. The molecule has 0 atom stereocenters. The molecule has 1 aliphatic heterocycles. The van der Waals surface area contributed by atoms with Gasteiger partial charge in [0.15, 0.2) is 5.78 Å². The van der Waals surface area contributed by atoms with Crippen LogP contribution in [0.2, 0.25) is 10.0 Å². The molecule has 3 nitrogen and oxygen atoms in total. The summed E-state index contributed by atoms with van der Waals surface area (Å²) in [6, 6.07) is 5.26. The third-order valence-corrected chi connectivity index (χ3v) is 6.00. The van der Waals surface area contributed by atoms with E-state index < -0.39 is 0 Å². The van der Waals surface area contributed by atoms with Crippen LogP contribution in [0.1, 0.15) is 64.9 Å². The molecule has 0 N–H and O–H groups in total. The first-order chi connectivity index (χ1) is 13.6. The number of carbonyl (C=O) groups excluding carboxylic acids is 2. The molecule has 0 amide bonds. The van der Waals surface area contributed by atoms with E-state index in [2.05, 4.69) is 4.90 Å². The molecule has 29 heavy (non-hydrogen) atoms. The van der Waals surface area contributed by atoms with Crippen molar-refractivity contribution >= 4 is 40.8 Å². The van der Waals surface area contributed by atoms with Gasteiger partial charge in [-0.25, -0.2) is 0 Å². The van der Waals surface area contributed by atoms with Crippen LogP contribution in [0.15, 0.2) is 24.3 Å². The predicted molar refractivity (Wildman–Crippen MR) is 123 cm³/mol. The lowest BCUT2D eigenvalue weighted by molar-refractivity contribution is -0.126. The van der Waals surface area contributed by atoms with E-state index in [4.69, 9.17) is 23.2 Å². The smallest absolute Gasteiger partial charge is 0.155 e. The van der Waals surface area contributed by atoms with Crippen molar-refractivity contribution in [2.45, 2.75) is 59.3 Å². The molecule has 0 aliphatic carbocycles. The third kappa shape index (κ3) is 9.02. The first kappa shape index (κ1) is 24.1. The number of halogens is 2. The number of allylic oxidation sites excluding steroid dienone is 1. The molecular formula is C24H33Cl2NO2. The highest BCUT2D eigenvalue weighted by atomic mass is 35.5. The zero-order chi connectivity index (χ0) is 21.4. The Kier molecular flexibility index (Phi) is 9.39. The normalized spacial score (nSPS) is 16.4. The lowest BCUT2D eigenvalue weighted by Crippen LogP contribution is -2.35. The van der Waals surface area contributed by atoms with E-state index in [1.807, 2.05) is 20.8 Å². The van der Waals surface area contributed by atoms with Crippen LogP contribution in [0.4, 0.5) is 0 Å². The van der Waals surface area contributed by atoms with E-state index in [1.54, 1.807) is 30.4 Å². The van der Waals surface area contributed by atoms with E-state index in [1.165, 1.54) is 0 Å². The average molecular weight is 438 g/mol. The molecule has 0 aromatic heterocycles. The first-order valence-corrected chi connectivity index (χ1v) is 11.3. The van der Waals surface area contributed by atoms with Crippen molar-refractivity contribution in [2.75, 3.05) is 19.6 Å². The predicted octanol–water partition coefficient (Wildman–Crippen LogP) is 6.46. The van der Waals surface area contributed by atoms with E-state index in [0.29, 0.717) is 34.6 Å². The van der Waals surface area contributed by atoms with Crippen molar-refractivity contribution in [1.82, 2.24) is 4.90 Å². The number of nitrogens with zero attached hydrogens (tertiary/aromatic N) is 1. The molecular weight excluding hydrogens is 405 g/mol. The van der Waals surface area contributed by atoms with Crippen molar-refractivity contribution in [1.29, 1.82) is 0 Å². The Morgan fingerprint density at radius 3 is 2.28 bits per heavy atom. The summed E-state index contributed by atoms with van der Waals surface area (Å²) >= 11 is 12.0. The van der Waals surface area contributed by atoms with Gasteiger partial charge in [-0.15, -0.1) is 0 Å². The number of carbonyl (C=O) groups is 2. The molecule has 0 unspecified atom stereocenters. The van der Waals surface area contributed by atoms with Crippen LogP contribution < -0.4 is 0 Å². The molecule has 0 bridgehead atoms. The highest BCUT2D eigenvalue weighted by Crippen LogP contribution is 2.24. The Hall–Kier alpha value is -1.16. The number of likely N-dealkylation sites (tertiary alicyclic amines) is 1. The Morgan fingerprint density at radius 1 is 1.07 bits per heavy atom. The van der Waals surface area contributed by atoms with E-state index in [0.717, 1.165) is 50.9 Å². The SMILES string of the molecule is CC(C)(C)C(=O)CCCN1CCC(CCC(=O)/C=C/c2cc(Cl)cc(Cl)c2)CC1. The molecule has 1 fully saturated rings. The summed E-state index contributed by atoms with van der Waals surface area (Å²) in [6.07, 6.45) is 8.80. The Labute approximate surface area is 185 Å². The summed E-state index contributed by atoms with van der Waals surface area (Å²) in [7, 11) is 0. The number of benzene rings is 1. The summed E-state index contributed by atoms with van der Waals surface area (Å²) in [5.41, 5.74) is 0.613. The van der Waals surface area contributed by atoms with Crippen LogP contribution in [0.3, 0.4) is 0 Å². The number of piperidine rings is 1. The summed E-state index contributed by atoms with van der Waals surface area (Å²) < 4.78 is 0. The molecule has 0 spiro atoms. The number of rotatable bonds is 9. The zero-order valence-corrected chi connectivity index (χ0v) is 19.4. The van der Waals surface area contributed by atoms with Crippen LogP contribution in [0.5, 0.6) is 0 Å². The summed E-state index contributed by atoms with van der Waals surface area (Å²) in [5.74, 6) is 1.10. The number of hydrogen-bond donors (Lipinski definition) is 0. The van der Waals surface area contributed by atoms with E-state index >= 15 is 0 Å². The van der Waals surface area contributed by atoms with Crippen LogP contribution >= 0.6 is 23.2 Å². The maximum absolute atomic E-state index is 12.2. The van der Waals surface area contributed by atoms with Gasteiger partial charge in [-0.05, 0) is 81.1 Å². The van der Waals surface area contributed by atoms with Gasteiger partial charge in [0, 0.05) is 28.3 Å². The third-order valence-electron chi connectivity index (χ3n) is 5.57. The van der Waals surface area contributed by atoms with Crippen LogP contribution in [-0.4, -0.2) is 36.1 Å². The van der Waals surface area contributed by atoms with Gasteiger partial charge in [0.05, 0.1) is 0 Å². The second-order valence-electron chi connectivity index (χ2n) is 9.10. The lowest BCUT2D eigenvalue weighted by Gasteiger charge is -2.32. The zero-order valence-electron chi connectivity index (χ0n) is 17.8. The van der Waals surface area contributed by atoms with Gasteiger partial charge in [-0.2, -0.15) is 0 Å². The number of Topliss-reactive ketones (excluding diaryl/α,β-unsaturated/α-hetero) is 1. The molecule has 1 saturated heterocycles. The quantitative estimate of drug-likeness (QED) is 0.415.